The highest BCUT2D eigenvalue weighted by Crippen LogP contribution is 2.19. The Kier molecular flexibility index (Phi) is 2.80. The molecule has 16 heavy (non-hydrogen) atoms. The maximum Gasteiger partial charge on any atom is 0.182 e. The van der Waals surface area contributed by atoms with Crippen molar-refractivity contribution in [1.29, 1.82) is 0 Å². The lowest BCUT2D eigenvalue weighted by atomic mass is 10.3. The summed E-state index contributed by atoms with van der Waals surface area (Å²) < 4.78 is 14.2. The lowest BCUT2D eigenvalue weighted by molar-refractivity contribution is 0.378. The molecule has 0 aliphatic carbocycles. The maximum absolute atomic E-state index is 12.6. The van der Waals surface area contributed by atoms with E-state index in [1.807, 2.05) is 0 Å². The van der Waals surface area contributed by atoms with Gasteiger partial charge in [0.25, 0.3) is 0 Å². The topological polar surface area (TPSA) is 69.6 Å². The number of hydrogen-bond acceptors (Lipinski definition) is 4. The van der Waals surface area contributed by atoms with Gasteiger partial charge in [0.05, 0.1) is 6.04 Å². The largest absolute Gasteiger partial charge is 0.384 e. The van der Waals surface area contributed by atoms with Gasteiger partial charge in [-0.15, -0.1) is 10.2 Å². The van der Waals surface area contributed by atoms with Crippen LogP contribution >= 0.6 is 0 Å². The van der Waals surface area contributed by atoms with Crippen LogP contribution in [-0.2, 0) is 0 Å². The summed E-state index contributed by atoms with van der Waals surface area (Å²) in [6.45, 7) is 1.27. The predicted molar refractivity (Wildman–Crippen MR) is 58.4 cm³/mol. The van der Waals surface area contributed by atoms with E-state index in [2.05, 4.69) is 15.2 Å². The Morgan fingerprint density at radius 3 is 3.00 bits per heavy atom. The zero-order valence-electron chi connectivity index (χ0n) is 8.84. The first-order chi connectivity index (χ1) is 7.72. The molecule has 6 heteroatoms. The molecule has 0 radical (unpaired) electrons. The van der Waals surface area contributed by atoms with Crippen molar-refractivity contribution in [2.45, 2.75) is 13.0 Å². The second-order valence-corrected chi connectivity index (χ2v) is 3.51. The molecule has 1 atom stereocenters. The van der Waals surface area contributed by atoms with E-state index in [0.717, 1.165) is 0 Å². The second kappa shape index (κ2) is 4.26. The fourth-order valence-electron chi connectivity index (χ4n) is 1.40. The monoisotopic (exact) mass is 221 g/mol. The minimum atomic E-state index is -0.479. The van der Waals surface area contributed by atoms with Gasteiger partial charge < -0.3 is 10.3 Å². The Morgan fingerprint density at radius 1 is 1.50 bits per heavy atom. The average molecular weight is 221 g/mol. The van der Waals surface area contributed by atoms with Gasteiger partial charge in [0, 0.05) is 0 Å². The fourth-order valence-corrected chi connectivity index (χ4v) is 1.40. The number of aromatic nitrogens is 4. The smallest absolute Gasteiger partial charge is 0.182 e. The highest BCUT2D eigenvalue weighted by molar-refractivity contribution is 5.52. The molecule has 0 saturated heterocycles. The summed E-state index contributed by atoms with van der Waals surface area (Å²) in [5.41, 5.74) is 6.18. The van der Waals surface area contributed by atoms with Gasteiger partial charge >= 0.3 is 0 Å². The van der Waals surface area contributed by atoms with E-state index in [4.69, 9.17) is 5.73 Å². The minimum absolute atomic E-state index is 0.312. The standard InChI is InChI=1S/C10H12FN5/c1-7(5-11)16-6-13-15-10(16)8-3-2-4-9(12)14-8/h2-4,6-7H,5H2,1H3,(H2,12,14)/t7-/m0/s1. The number of alkyl halides is 1. The van der Waals surface area contributed by atoms with Gasteiger partial charge in [0.15, 0.2) is 5.82 Å². The van der Waals surface area contributed by atoms with Gasteiger partial charge in [-0.1, -0.05) is 6.07 Å². The molecular weight excluding hydrogens is 209 g/mol. The molecule has 0 unspecified atom stereocenters. The summed E-state index contributed by atoms with van der Waals surface area (Å²) in [7, 11) is 0. The van der Waals surface area contributed by atoms with E-state index >= 15 is 0 Å². The molecule has 2 heterocycles. The number of anilines is 1. The van der Waals surface area contributed by atoms with Crippen molar-refractivity contribution in [1.82, 2.24) is 19.7 Å². The van der Waals surface area contributed by atoms with Crippen LogP contribution < -0.4 is 5.73 Å². The van der Waals surface area contributed by atoms with Crippen molar-refractivity contribution in [2.24, 2.45) is 0 Å². The van der Waals surface area contributed by atoms with Crippen molar-refractivity contribution >= 4 is 5.82 Å². The molecule has 2 N–H and O–H groups in total. The molecule has 5 nitrogen and oxygen atoms in total. The van der Waals surface area contributed by atoms with Crippen LogP contribution in [0.1, 0.15) is 13.0 Å². The number of nitrogen functional groups attached to an aromatic ring is 1. The van der Waals surface area contributed by atoms with Gasteiger partial charge in [-0.2, -0.15) is 0 Å². The number of rotatable bonds is 3. The van der Waals surface area contributed by atoms with Crippen molar-refractivity contribution in [3.63, 3.8) is 0 Å². The SMILES string of the molecule is C[C@@H](CF)n1cnnc1-c1cccc(N)n1. The van der Waals surface area contributed by atoms with Crippen LogP contribution in [0.2, 0.25) is 0 Å². The van der Waals surface area contributed by atoms with Crippen LogP contribution in [-0.4, -0.2) is 26.4 Å². The third kappa shape index (κ3) is 1.86. The molecule has 0 amide bonds. The van der Waals surface area contributed by atoms with Crippen molar-refractivity contribution in [3.05, 3.63) is 24.5 Å². The van der Waals surface area contributed by atoms with Gasteiger partial charge in [-0.05, 0) is 19.1 Å². The first kappa shape index (κ1) is 10.5. The van der Waals surface area contributed by atoms with Crippen LogP contribution in [0.5, 0.6) is 0 Å². The molecule has 84 valence electrons. The van der Waals surface area contributed by atoms with Gasteiger partial charge in [-0.3, -0.25) is 0 Å². The van der Waals surface area contributed by atoms with Gasteiger partial charge in [0.2, 0.25) is 0 Å². The van der Waals surface area contributed by atoms with E-state index in [0.29, 0.717) is 17.3 Å². The predicted octanol–water partition coefficient (Wildman–Crippen LogP) is 1.45. The summed E-state index contributed by atoms with van der Waals surface area (Å²) in [4.78, 5) is 4.12. The Morgan fingerprint density at radius 2 is 2.31 bits per heavy atom. The Labute approximate surface area is 92.1 Å². The van der Waals surface area contributed by atoms with Crippen LogP contribution in [0.25, 0.3) is 11.5 Å². The molecule has 0 fully saturated rings. The molecule has 0 bridgehead atoms. The zero-order chi connectivity index (χ0) is 11.5. The van der Waals surface area contributed by atoms with Crippen LogP contribution in [0.4, 0.5) is 10.2 Å². The number of hydrogen-bond donors (Lipinski definition) is 1. The van der Waals surface area contributed by atoms with E-state index in [1.54, 1.807) is 29.7 Å². The Hall–Kier alpha value is -1.98. The first-order valence-corrected chi connectivity index (χ1v) is 4.90. The van der Waals surface area contributed by atoms with Crippen molar-refractivity contribution in [2.75, 3.05) is 12.4 Å². The molecule has 0 saturated carbocycles. The molecule has 0 aliphatic heterocycles. The summed E-state index contributed by atoms with van der Waals surface area (Å²) in [5, 5.41) is 7.69. The van der Waals surface area contributed by atoms with Crippen molar-refractivity contribution in [3.8, 4) is 11.5 Å². The third-order valence-electron chi connectivity index (χ3n) is 2.27. The molecule has 0 aromatic carbocycles. The highest BCUT2D eigenvalue weighted by atomic mass is 19.1. The zero-order valence-corrected chi connectivity index (χ0v) is 8.84. The normalized spacial score (nSPS) is 12.6. The minimum Gasteiger partial charge on any atom is -0.384 e. The van der Waals surface area contributed by atoms with Crippen molar-refractivity contribution < 1.29 is 4.39 Å². The van der Waals surface area contributed by atoms with Crippen LogP contribution in [0.3, 0.4) is 0 Å². The summed E-state index contributed by atoms with van der Waals surface area (Å²) in [5.74, 6) is 0.928. The average Bonchev–Trinajstić information content (AvgIpc) is 2.77. The van der Waals surface area contributed by atoms with E-state index in [1.165, 1.54) is 6.33 Å². The van der Waals surface area contributed by atoms with Gasteiger partial charge in [-0.25, -0.2) is 9.37 Å². The Balaban J connectivity index is 2.44. The van der Waals surface area contributed by atoms with Crippen LogP contribution in [0.15, 0.2) is 24.5 Å². The van der Waals surface area contributed by atoms with E-state index < -0.39 is 6.67 Å². The molecule has 0 spiro atoms. The van der Waals surface area contributed by atoms with E-state index in [-0.39, 0.29) is 6.04 Å². The highest BCUT2D eigenvalue weighted by Gasteiger charge is 2.13. The quantitative estimate of drug-likeness (QED) is 0.851. The molecule has 0 aliphatic rings. The number of nitrogens with two attached hydrogens (primary N) is 1. The van der Waals surface area contributed by atoms with Gasteiger partial charge in [0.1, 0.15) is 24.5 Å². The summed E-state index contributed by atoms with van der Waals surface area (Å²) >= 11 is 0. The number of halogens is 1. The first-order valence-electron chi connectivity index (χ1n) is 4.90. The van der Waals surface area contributed by atoms with Crippen LogP contribution in [0, 0.1) is 0 Å². The second-order valence-electron chi connectivity index (χ2n) is 3.51. The molecule has 2 aromatic heterocycles. The fraction of sp³-hybridized carbons (Fsp3) is 0.300. The van der Waals surface area contributed by atoms with E-state index in [9.17, 15) is 4.39 Å². The molecular formula is C10H12FN5. The molecule has 2 aromatic rings. The number of pyridine rings is 1. The number of nitrogens with zero attached hydrogens (tertiary/aromatic N) is 4. The maximum atomic E-state index is 12.6. The summed E-state index contributed by atoms with van der Waals surface area (Å²) in [6.07, 6.45) is 1.49. The lowest BCUT2D eigenvalue weighted by Gasteiger charge is -2.10. The molecule has 2 rings (SSSR count). The lowest BCUT2D eigenvalue weighted by Crippen LogP contribution is -2.08. The summed E-state index contributed by atoms with van der Waals surface area (Å²) in [6, 6.07) is 4.91. The third-order valence-corrected chi connectivity index (χ3v) is 2.27. The Bertz CT molecular complexity index is 482.